The van der Waals surface area contributed by atoms with Crippen molar-refractivity contribution < 1.29 is 9.59 Å². The van der Waals surface area contributed by atoms with Gasteiger partial charge in [-0.15, -0.1) is 0 Å². The van der Waals surface area contributed by atoms with E-state index in [0.717, 1.165) is 44.2 Å². The molecule has 2 aliphatic rings. The average molecular weight is 519 g/mol. The highest BCUT2D eigenvalue weighted by Crippen LogP contribution is 2.24. The maximum Gasteiger partial charge on any atom is 0.256 e. The molecule has 2 fully saturated rings. The number of hydrogen-bond acceptors (Lipinski definition) is 6. The second kappa shape index (κ2) is 12.4. The van der Waals surface area contributed by atoms with Gasteiger partial charge in [-0.3, -0.25) is 9.59 Å². The van der Waals surface area contributed by atoms with Crippen molar-refractivity contribution in [1.29, 1.82) is 0 Å². The first-order chi connectivity index (χ1) is 17.0. The number of benzene rings is 1. The van der Waals surface area contributed by atoms with Gasteiger partial charge in [-0.2, -0.15) is 4.98 Å². The average Bonchev–Trinajstić information content (AvgIpc) is 3.27. The first-order valence-corrected chi connectivity index (χ1v) is 13.1. The van der Waals surface area contributed by atoms with Gasteiger partial charge in [0.05, 0.1) is 0 Å². The molecule has 10 heteroatoms. The van der Waals surface area contributed by atoms with E-state index in [1.165, 1.54) is 6.42 Å². The highest BCUT2D eigenvalue weighted by Gasteiger charge is 2.21. The number of nitrogens with zero attached hydrogens (tertiary/aromatic N) is 3. The van der Waals surface area contributed by atoms with Crippen molar-refractivity contribution in [1.82, 2.24) is 20.2 Å². The molecule has 0 bridgehead atoms. The zero-order valence-electron chi connectivity index (χ0n) is 19.8. The monoisotopic (exact) mass is 518 g/mol. The minimum Gasteiger partial charge on any atom is -0.367 e. The quantitative estimate of drug-likeness (QED) is 0.387. The van der Waals surface area contributed by atoms with Crippen LogP contribution in [0.2, 0.25) is 10.0 Å². The van der Waals surface area contributed by atoms with Crippen molar-refractivity contribution in [3.63, 3.8) is 0 Å². The van der Waals surface area contributed by atoms with Crippen LogP contribution in [0.1, 0.15) is 67.3 Å². The van der Waals surface area contributed by atoms with Crippen LogP contribution in [0.3, 0.4) is 0 Å². The van der Waals surface area contributed by atoms with Gasteiger partial charge in [0.1, 0.15) is 11.4 Å². The number of carbonyl (C=O) groups is 2. The smallest absolute Gasteiger partial charge is 0.256 e. The van der Waals surface area contributed by atoms with Crippen molar-refractivity contribution in [2.75, 3.05) is 30.3 Å². The number of anilines is 2. The van der Waals surface area contributed by atoms with E-state index >= 15 is 0 Å². The summed E-state index contributed by atoms with van der Waals surface area (Å²) in [6.45, 7) is 2.37. The van der Waals surface area contributed by atoms with E-state index in [2.05, 4.69) is 25.9 Å². The Morgan fingerprint density at radius 2 is 1.97 bits per heavy atom. The Hall–Kier alpha value is -2.58. The Bertz CT molecular complexity index is 1040. The molecule has 8 nitrogen and oxygen atoms in total. The molecule has 0 atom stereocenters. The lowest BCUT2D eigenvalue weighted by molar-refractivity contribution is -0.127. The summed E-state index contributed by atoms with van der Waals surface area (Å²) in [5.74, 6) is 0.911. The van der Waals surface area contributed by atoms with Gasteiger partial charge in [-0.1, -0.05) is 42.5 Å². The highest BCUT2D eigenvalue weighted by atomic mass is 35.5. The van der Waals surface area contributed by atoms with Gasteiger partial charge >= 0.3 is 0 Å². The second-order valence-corrected chi connectivity index (χ2v) is 9.96. The molecule has 0 radical (unpaired) electrons. The van der Waals surface area contributed by atoms with Crippen LogP contribution in [0.25, 0.3) is 0 Å². The predicted molar refractivity (Wildman–Crippen MR) is 139 cm³/mol. The zero-order valence-corrected chi connectivity index (χ0v) is 21.3. The molecule has 1 aromatic heterocycles. The Morgan fingerprint density at radius 1 is 1.14 bits per heavy atom. The summed E-state index contributed by atoms with van der Waals surface area (Å²) in [6, 6.07) is 5.58. The van der Waals surface area contributed by atoms with Gasteiger partial charge in [-0.25, -0.2) is 4.98 Å². The van der Waals surface area contributed by atoms with E-state index in [1.54, 1.807) is 24.4 Å². The van der Waals surface area contributed by atoms with Crippen LogP contribution in [0, 0.1) is 0 Å². The second-order valence-electron chi connectivity index (χ2n) is 9.12. The molecule has 0 unspecified atom stereocenters. The molecule has 1 aromatic carbocycles. The molecular formula is C25H32Cl2N6O2. The molecule has 35 heavy (non-hydrogen) atoms. The molecule has 1 saturated carbocycles. The van der Waals surface area contributed by atoms with Crippen LogP contribution in [-0.4, -0.2) is 52.4 Å². The minimum absolute atomic E-state index is 0.200. The Morgan fingerprint density at radius 3 is 2.74 bits per heavy atom. The van der Waals surface area contributed by atoms with E-state index in [1.807, 2.05) is 4.90 Å². The third-order valence-corrected chi connectivity index (χ3v) is 7.09. The first-order valence-electron chi connectivity index (χ1n) is 12.4. The number of rotatable bonds is 10. The molecule has 1 saturated heterocycles. The third kappa shape index (κ3) is 7.21. The molecule has 1 aliphatic carbocycles. The first kappa shape index (κ1) is 25.5. The number of hydrogen-bond donors (Lipinski definition) is 3. The van der Waals surface area contributed by atoms with Gasteiger partial charge in [0.25, 0.3) is 5.91 Å². The van der Waals surface area contributed by atoms with Crippen molar-refractivity contribution in [2.24, 2.45) is 0 Å². The van der Waals surface area contributed by atoms with Crippen LogP contribution in [0.4, 0.5) is 11.8 Å². The van der Waals surface area contributed by atoms with E-state index in [-0.39, 0.29) is 17.9 Å². The summed E-state index contributed by atoms with van der Waals surface area (Å²) in [7, 11) is 0. The molecule has 2 amide bonds. The molecule has 188 valence electrons. The summed E-state index contributed by atoms with van der Waals surface area (Å²) in [5, 5.41) is 10.8. The van der Waals surface area contributed by atoms with Crippen LogP contribution in [-0.2, 0) is 11.3 Å². The Kier molecular flexibility index (Phi) is 9.04. The van der Waals surface area contributed by atoms with Crippen LogP contribution in [0.5, 0.6) is 0 Å². The van der Waals surface area contributed by atoms with Gasteiger partial charge in [0.2, 0.25) is 11.9 Å². The normalized spacial score (nSPS) is 16.4. The highest BCUT2D eigenvalue weighted by molar-refractivity contribution is 6.33. The van der Waals surface area contributed by atoms with Gasteiger partial charge in [-0.05, 0) is 49.4 Å². The van der Waals surface area contributed by atoms with Crippen molar-refractivity contribution in [3.05, 3.63) is 45.6 Å². The number of carbonyl (C=O) groups excluding carboxylic acids is 2. The summed E-state index contributed by atoms with van der Waals surface area (Å²) < 4.78 is 0. The minimum atomic E-state index is -0.222. The van der Waals surface area contributed by atoms with Crippen LogP contribution in [0.15, 0.2) is 24.4 Å². The van der Waals surface area contributed by atoms with E-state index < -0.39 is 0 Å². The number of likely N-dealkylation sites (tertiary alicyclic amines) is 1. The van der Waals surface area contributed by atoms with Crippen LogP contribution < -0.4 is 16.0 Å². The van der Waals surface area contributed by atoms with Gasteiger partial charge < -0.3 is 20.9 Å². The molecule has 0 spiro atoms. The van der Waals surface area contributed by atoms with E-state index in [4.69, 9.17) is 23.2 Å². The lowest BCUT2D eigenvalue weighted by Crippen LogP contribution is -2.32. The molecule has 4 rings (SSSR count). The molecule has 2 heterocycles. The fraction of sp³-hybridized carbons (Fsp3) is 0.520. The van der Waals surface area contributed by atoms with Crippen molar-refractivity contribution in [2.45, 2.75) is 64.0 Å². The maximum atomic E-state index is 13.0. The van der Waals surface area contributed by atoms with Gasteiger partial charge in [0.15, 0.2) is 0 Å². The number of halogens is 2. The van der Waals surface area contributed by atoms with E-state index in [9.17, 15) is 9.59 Å². The summed E-state index contributed by atoms with van der Waals surface area (Å²) in [4.78, 5) is 35.6. The van der Waals surface area contributed by atoms with Gasteiger partial charge in [0, 0.05) is 54.9 Å². The lowest BCUT2D eigenvalue weighted by Gasteiger charge is -2.24. The number of aromatic nitrogens is 2. The fourth-order valence-electron chi connectivity index (χ4n) is 4.54. The number of nitrogens with one attached hydrogen (secondary N) is 3. The van der Waals surface area contributed by atoms with Crippen LogP contribution >= 0.6 is 23.2 Å². The Balaban J connectivity index is 1.41. The zero-order chi connectivity index (χ0) is 24.6. The lowest BCUT2D eigenvalue weighted by atomic mass is 9.95. The summed E-state index contributed by atoms with van der Waals surface area (Å²) in [6.07, 6.45) is 9.49. The van der Waals surface area contributed by atoms with Crippen molar-refractivity contribution in [3.8, 4) is 0 Å². The standard InChI is InChI=1S/C25H32Cl2N6O2/c26-18-9-10-21(27)17(14-18)15-29-25-30-16-20(23(32-25)31-19-6-2-1-3-7-19)24(35)28-11-5-13-33-12-4-8-22(33)34/h9-10,14,16,19H,1-8,11-13,15H2,(H,28,35)(H2,29,30,31,32). The SMILES string of the molecule is O=C(NCCCN1CCCC1=O)c1cnc(NCc2cc(Cl)ccc2Cl)nc1NC1CCCCC1. The topological polar surface area (TPSA) is 99.2 Å². The van der Waals surface area contributed by atoms with Crippen molar-refractivity contribution >= 4 is 46.8 Å². The molecule has 2 aromatic rings. The molecular weight excluding hydrogens is 487 g/mol. The predicted octanol–water partition coefficient (Wildman–Crippen LogP) is 4.88. The summed E-state index contributed by atoms with van der Waals surface area (Å²) >= 11 is 12.4. The van der Waals surface area contributed by atoms with E-state index in [0.29, 0.717) is 59.9 Å². The largest absolute Gasteiger partial charge is 0.367 e. The molecule has 3 N–H and O–H groups in total. The fourth-order valence-corrected chi connectivity index (χ4v) is 4.92. The maximum absolute atomic E-state index is 13.0. The summed E-state index contributed by atoms with van der Waals surface area (Å²) in [5.41, 5.74) is 1.25. The number of amides is 2. The third-order valence-electron chi connectivity index (χ3n) is 6.49. The Labute approximate surface area is 216 Å². The molecule has 1 aliphatic heterocycles.